The van der Waals surface area contributed by atoms with Crippen molar-refractivity contribution >= 4 is 16.9 Å². The molecule has 26 heavy (non-hydrogen) atoms. The van der Waals surface area contributed by atoms with Gasteiger partial charge in [-0.1, -0.05) is 42.5 Å². The first-order chi connectivity index (χ1) is 12.8. The number of para-hydroxylation sites is 1. The molecule has 128 valence electrons. The van der Waals surface area contributed by atoms with Crippen LogP contribution in [0.15, 0.2) is 60.8 Å². The molecule has 0 radical (unpaired) electrons. The van der Waals surface area contributed by atoms with Gasteiger partial charge in [0.2, 0.25) is 0 Å². The van der Waals surface area contributed by atoms with Crippen LogP contribution < -0.4 is 0 Å². The lowest BCUT2D eigenvalue weighted by Gasteiger charge is -2.05. The number of carbonyl (C=O) groups excluding carboxylic acids is 1. The topological polar surface area (TPSA) is 80.8 Å². The van der Waals surface area contributed by atoms with Crippen LogP contribution in [-0.2, 0) is 4.74 Å². The first kappa shape index (κ1) is 16.0. The van der Waals surface area contributed by atoms with E-state index in [2.05, 4.69) is 26.5 Å². The van der Waals surface area contributed by atoms with Crippen LogP contribution in [0.3, 0.4) is 0 Å². The van der Waals surface area contributed by atoms with Crippen LogP contribution in [0.25, 0.3) is 33.3 Å². The average Bonchev–Trinajstić information content (AvgIpc) is 3.18. The number of carbonyl (C=O) groups is 1. The van der Waals surface area contributed by atoms with E-state index < -0.39 is 5.97 Å². The van der Waals surface area contributed by atoms with Crippen molar-refractivity contribution in [1.29, 1.82) is 0 Å². The van der Waals surface area contributed by atoms with Crippen molar-refractivity contribution in [2.75, 3.05) is 6.61 Å². The first-order valence-electron chi connectivity index (χ1n) is 8.30. The predicted molar refractivity (Wildman–Crippen MR) is 98.5 cm³/mol. The van der Waals surface area contributed by atoms with Gasteiger partial charge in [-0.25, -0.2) is 4.79 Å². The summed E-state index contributed by atoms with van der Waals surface area (Å²) in [5, 5.41) is 11.6. The van der Waals surface area contributed by atoms with E-state index in [9.17, 15) is 4.79 Å². The smallest absolute Gasteiger partial charge is 0.361 e. The normalized spacial score (nSPS) is 10.8. The molecule has 6 nitrogen and oxygen atoms in total. The van der Waals surface area contributed by atoms with Crippen LogP contribution in [0.5, 0.6) is 0 Å². The standard InChI is InChI=1S/C20H16N4O2/c1-2-26-20(25)19-18(22-24-23-19)14-9-7-13(8-10-14)16-11-15-5-3-4-6-17(15)21-12-16/h3-12H,2H2,1H3,(H,22,23,24). The molecule has 0 bridgehead atoms. The number of aromatic nitrogens is 4. The molecule has 0 fully saturated rings. The number of aromatic amines is 1. The van der Waals surface area contributed by atoms with Gasteiger partial charge >= 0.3 is 5.97 Å². The third-order valence-corrected chi connectivity index (χ3v) is 4.10. The molecule has 1 N–H and O–H groups in total. The Hall–Kier alpha value is -3.54. The molecule has 0 aliphatic rings. The number of ether oxygens (including phenoxy) is 1. The Kier molecular flexibility index (Phi) is 4.15. The van der Waals surface area contributed by atoms with Gasteiger partial charge in [0.1, 0.15) is 5.69 Å². The summed E-state index contributed by atoms with van der Waals surface area (Å²) in [6, 6.07) is 17.9. The SMILES string of the molecule is CCOC(=O)c1n[nH]nc1-c1ccc(-c2cnc3ccccc3c2)cc1. The van der Waals surface area contributed by atoms with E-state index in [4.69, 9.17) is 4.74 Å². The molecule has 0 saturated carbocycles. The zero-order valence-corrected chi connectivity index (χ0v) is 14.1. The maximum Gasteiger partial charge on any atom is 0.361 e. The van der Waals surface area contributed by atoms with Crippen molar-refractivity contribution in [3.63, 3.8) is 0 Å². The summed E-state index contributed by atoms with van der Waals surface area (Å²) < 4.78 is 5.01. The Morgan fingerprint density at radius 1 is 1.00 bits per heavy atom. The Labute approximate surface area is 149 Å². The molecule has 0 unspecified atom stereocenters. The monoisotopic (exact) mass is 344 g/mol. The van der Waals surface area contributed by atoms with Gasteiger partial charge in [-0.15, -0.1) is 5.10 Å². The molecular weight excluding hydrogens is 328 g/mol. The Morgan fingerprint density at radius 2 is 1.77 bits per heavy atom. The van der Waals surface area contributed by atoms with Crippen molar-refractivity contribution < 1.29 is 9.53 Å². The van der Waals surface area contributed by atoms with Crippen LogP contribution in [0.4, 0.5) is 0 Å². The summed E-state index contributed by atoms with van der Waals surface area (Å²) in [5.74, 6) is -0.487. The second-order valence-electron chi connectivity index (χ2n) is 5.74. The fraction of sp³-hybridized carbons (Fsp3) is 0.100. The zero-order chi connectivity index (χ0) is 17.9. The molecule has 0 saturated heterocycles. The molecular formula is C20H16N4O2. The van der Waals surface area contributed by atoms with Crippen LogP contribution in [0.1, 0.15) is 17.4 Å². The maximum absolute atomic E-state index is 12.0. The van der Waals surface area contributed by atoms with Gasteiger partial charge in [0.15, 0.2) is 5.69 Å². The number of hydrogen-bond donors (Lipinski definition) is 1. The fourth-order valence-corrected chi connectivity index (χ4v) is 2.82. The second kappa shape index (κ2) is 6.76. The van der Waals surface area contributed by atoms with Gasteiger partial charge in [0, 0.05) is 22.7 Å². The molecule has 0 amide bonds. The molecule has 4 rings (SSSR count). The van der Waals surface area contributed by atoms with Gasteiger partial charge in [-0.3, -0.25) is 4.98 Å². The lowest BCUT2D eigenvalue weighted by molar-refractivity contribution is 0.0520. The minimum atomic E-state index is -0.487. The van der Waals surface area contributed by atoms with E-state index >= 15 is 0 Å². The summed E-state index contributed by atoms with van der Waals surface area (Å²) >= 11 is 0. The lowest BCUT2D eigenvalue weighted by Crippen LogP contribution is -2.06. The molecule has 2 heterocycles. The van der Waals surface area contributed by atoms with Gasteiger partial charge < -0.3 is 4.74 Å². The molecule has 0 aliphatic heterocycles. The number of benzene rings is 2. The molecule has 6 heteroatoms. The van der Waals surface area contributed by atoms with Crippen molar-refractivity contribution in [3.05, 3.63) is 66.5 Å². The highest BCUT2D eigenvalue weighted by atomic mass is 16.5. The van der Waals surface area contributed by atoms with Gasteiger partial charge in [-0.2, -0.15) is 10.3 Å². The predicted octanol–water partition coefficient (Wildman–Crippen LogP) is 3.86. The van der Waals surface area contributed by atoms with Crippen LogP contribution >= 0.6 is 0 Å². The number of hydrogen-bond acceptors (Lipinski definition) is 5. The number of rotatable bonds is 4. The van der Waals surface area contributed by atoms with Gasteiger partial charge in [0.25, 0.3) is 0 Å². The van der Waals surface area contributed by atoms with Crippen molar-refractivity contribution in [3.8, 4) is 22.4 Å². The zero-order valence-electron chi connectivity index (χ0n) is 14.1. The Morgan fingerprint density at radius 3 is 2.58 bits per heavy atom. The first-order valence-corrected chi connectivity index (χ1v) is 8.30. The largest absolute Gasteiger partial charge is 0.461 e. The summed E-state index contributed by atoms with van der Waals surface area (Å²) in [5.41, 5.74) is 4.49. The van der Waals surface area contributed by atoms with Crippen LogP contribution in [0.2, 0.25) is 0 Å². The highest BCUT2D eigenvalue weighted by Gasteiger charge is 2.18. The second-order valence-corrected chi connectivity index (χ2v) is 5.74. The average molecular weight is 344 g/mol. The van der Waals surface area contributed by atoms with Crippen LogP contribution in [0, 0.1) is 0 Å². The number of H-pyrrole nitrogens is 1. The van der Waals surface area contributed by atoms with E-state index in [1.54, 1.807) is 6.92 Å². The molecule has 0 spiro atoms. The third-order valence-electron chi connectivity index (χ3n) is 4.10. The van der Waals surface area contributed by atoms with Crippen LogP contribution in [-0.4, -0.2) is 33.0 Å². The fourth-order valence-electron chi connectivity index (χ4n) is 2.82. The summed E-state index contributed by atoms with van der Waals surface area (Å²) in [6.07, 6.45) is 1.86. The van der Waals surface area contributed by atoms with E-state index in [1.807, 2.05) is 54.7 Å². The quantitative estimate of drug-likeness (QED) is 0.569. The van der Waals surface area contributed by atoms with Gasteiger partial charge in [0.05, 0.1) is 12.1 Å². The summed E-state index contributed by atoms with van der Waals surface area (Å²) in [7, 11) is 0. The number of nitrogens with one attached hydrogen (secondary N) is 1. The Bertz CT molecular complexity index is 1070. The van der Waals surface area contributed by atoms with E-state index in [0.717, 1.165) is 27.6 Å². The molecule has 4 aromatic rings. The highest BCUT2D eigenvalue weighted by Crippen LogP contribution is 2.26. The van der Waals surface area contributed by atoms with E-state index in [0.29, 0.717) is 12.3 Å². The number of fused-ring (bicyclic) bond motifs is 1. The molecule has 2 aromatic carbocycles. The minimum absolute atomic E-state index is 0.187. The highest BCUT2D eigenvalue weighted by molar-refractivity contribution is 5.94. The third kappa shape index (κ3) is 2.93. The van der Waals surface area contributed by atoms with E-state index in [1.165, 1.54) is 0 Å². The minimum Gasteiger partial charge on any atom is -0.461 e. The lowest BCUT2D eigenvalue weighted by atomic mass is 10.0. The maximum atomic E-state index is 12.0. The van der Waals surface area contributed by atoms with Crippen molar-refractivity contribution in [2.24, 2.45) is 0 Å². The summed E-state index contributed by atoms with van der Waals surface area (Å²) in [6.45, 7) is 2.04. The molecule has 0 atom stereocenters. The van der Waals surface area contributed by atoms with E-state index in [-0.39, 0.29) is 5.69 Å². The Balaban J connectivity index is 1.67. The number of esters is 1. The number of nitrogens with zero attached hydrogens (tertiary/aromatic N) is 3. The summed E-state index contributed by atoms with van der Waals surface area (Å²) in [4.78, 5) is 16.5. The van der Waals surface area contributed by atoms with Crippen molar-refractivity contribution in [2.45, 2.75) is 6.92 Å². The van der Waals surface area contributed by atoms with Gasteiger partial charge in [-0.05, 0) is 24.6 Å². The van der Waals surface area contributed by atoms with Crippen molar-refractivity contribution in [1.82, 2.24) is 20.4 Å². The number of pyridine rings is 1. The molecule has 0 aliphatic carbocycles. The molecule has 2 aromatic heterocycles.